The molecule has 0 aromatic carbocycles. The second-order valence-electron chi connectivity index (χ2n) is 25.2. The Morgan fingerprint density at radius 1 is 0.432 bits per heavy atom. The number of carbonyl (C=O) groups is 2. The van der Waals surface area contributed by atoms with Crippen LogP contribution in [-0.4, -0.2) is 100 Å². The summed E-state index contributed by atoms with van der Waals surface area (Å²) < 4.78 is 16.7. The highest BCUT2D eigenvalue weighted by Crippen LogP contribution is 2.23. The molecule has 1 rings (SSSR count). The van der Waals surface area contributed by atoms with Crippen LogP contribution >= 0.6 is 0 Å². The van der Waals surface area contributed by atoms with Gasteiger partial charge in [0.15, 0.2) is 6.29 Å². The van der Waals surface area contributed by atoms with Gasteiger partial charge in [-0.05, 0) is 116 Å². The largest absolute Gasteiger partial charge is 0.466 e. The first-order chi connectivity index (χ1) is 43.2. The summed E-state index contributed by atoms with van der Waals surface area (Å²) in [5.41, 5.74) is 0. The summed E-state index contributed by atoms with van der Waals surface area (Å²) in [5, 5.41) is 54.3. The Labute approximate surface area is 540 Å². The third-order valence-corrected chi connectivity index (χ3v) is 16.9. The van der Waals surface area contributed by atoms with Crippen molar-refractivity contribution in [2.45, 2.75) is 371 Å². The van der Waals surface area contributed by atoms with Gasteiger partial charge in [-0.3, -0.25) is 9.59 Å². The predicted octanol–water partition coefficient (Wildman–Crippen LogP) is 19.2. The Kier molecular flexibility index (Phi) is 61.5. The zero-order valence-electron chi connectivity index (χ0n) is 56.7. The Morgan fingerprint density at radius 3 is 1.24 bits per heavy atom. The molecule has 1 aliphatic heterocycles. The molecular weight excluding hydrogens is 1100 g/mol. The molecule has 11 heteroatoms. The Bertz CT molecular complexity index is 1740. The average molecular weight is 1240 g/mol. The van der Waals surface area contributed by atoms with Crippen molar-refractivity contribution in [2.75, 3.05) is 19.8 Å². The molecule has 0 spiro atoms. The SMILES string of the molecule is CC/C=C/CC/C=C/CC/C=C/C(O)C(COC1OC(CO)C(O)C(O)C1O)NC(=O)CCCCCCCCCCCCCCCCCCC/C=C\C/C=C\CCCCCCCCCCCCCOC(=O)CCCCCCC/C=C\C/C=C\CCCCC. The lowest BCUT2D eigenvalue weighted by atomic mass is 9.99. The van der Waals surface area contributed by atoms with Gasteiger partial charge in [-0.15, -0.1) is 0 Å². The van der Waals surface area contributed by atoms with Crippen molar-refractivity contribution >= 4 is 11.9 Å². The van der Waals surface area contributed by atoms with Gasteiger partial charge in [0.05, 0.1) is 32.0 Å². The molecule has 510 valence electrons. The van der Waals surface area contributed by atoms with Gasteiger partial charge in [0.1, 0.15) is 24.4 Å². The number of carbonyl (C=O) groups excluding carboxylic acids is 2. The quantitative estimate of drug-likeness (QED) is 0.0195. The maximum Gasteiger partial charge on any atom is 0.305 e. The molecule has 0 aromatic rings. The van der Waals surface area contributed by atoms with Crippen LogP contribution in [0.2, 0.25) is 0 Å². The fourth-order valence-corrected chi connectivity index (χ4v) is 11.2. The molecule has 0 bridgehead atoms. The minimum atomic E-state index is -1.58. The van der Waals surface area contributed by atoms with E-state index in [9.17, 15) is 35.1 Å². The third kappa shape index (κ3) is 53.5. The summed E-state index contributed by atoms with van der Waals surface area (Å²) in [6.45, 7) is 4.18. The molecular formula is C77H137NO10. The van der Waals surface area contributed by atoms with Gasteiger partial charge in [0.2, 0.25) is 5.91 Å². The topological polar surface area (TPSA) is 175 Å². The maximum atomic E-state index is 13.0. The molecule has 1 fully saturated rings. The number of amides is 1. The smallest absolute Gasteiger partial charge is 0.305 e. The Morgan fingerprint density at radius 2 is 0.807 bits per heavy atom. The van der Waals surface area contributed by atoms with Crippen molar-refractivity contribution in [1.82, 2.24) is 5.32 Å². The summed E-state index contributed by atoms with van der Waals surface area (Å²) in [5.74, 6) is -0.201. The molecule has 0 aromatic heterocycles. The van der Waals surface area contributed by atoms with Crippen LogP contribution in [0.4, 0.5) is 0 Å². The van der Waals surface area contributed by atoms with Gasteiger partial charge in [-0.1, -0.05) is 285 Å². The van der Waals surface area contributed by atoms with E-state index in [1.54, 1.807) is 6.08 Å². The number of allylic oxidation sites excluding steroid dienone is 13. The van der Waals surface area contributed by atoms with Gasteiger partial charge in [0.25, 0.3) is 0 Å². The van der Waals surface area contributed by atoms with Crippen LogP contribution in [-0.2, 0) is 23.8 Å². The van der Waals surface area contributed by atoms with Crippen LogP contribution in [0, 0.1) is 0 Å². The van der Waals surface area contributed by atoms with Crippen molar-refractivity contribution in [1.29, 1.82) is 0 Å². The van der Waals surface area contributed by atoms with Crippen molar-refractivity contribution in [2.24, 2.45) is 0 Å². The monoisotopic (exact) mass is 1240 g/mol. The number of esters is 1. The van der Waals surface area contributed by atoms with Gasteiger partial charge in [-0.2, -0.15) is 0 Å². The predicted molar refractivity (Wildman–Crippen MR) is 370 cm³/mol. The lowest BCUT2D eigenvalue weighted by Crippen LogP contribution is -2.60. The van der Waals surface area contributed by atoms with Crippen LogP contribution in [0.25, 0.3) is 0 Å². The fourth-order valence-electron chi connectivity index (χ4n) is 11.2. The number of aliphatic hydroxyl groups is 5. The average Bonchev–Trinajstić information content (AvgIpc) is 1.96. The summed E-state index contributed by atoms with van der Waals surface area (Å²) in [7, 11) is 0. The van der Waals surface area contributed by atoms with E-state index < -0.39 is 49.5 Å². The lowest BCUT2D eigenvalue weighted by molar-refractivity contribution is -0.302. The highest BCUT2D eigenvalue weighted by atomic mass is 16.7. The highest BCUT2D eigenvalue weighted by Gasteiger charge is 2.44. The lowest BCUT2D eigenvalue weighted by Gasteiger charge is -2.40. The second-order valence-corrected chi connectivity index (χ2v) is 25.2. The zero-order valence-corrected chi connectivity index (χ0v) is 56.7. The molecule has 1 heterocycles. The molecule has 1 aliphatic rings. The number of rotatable bonds is 64. The van der Waals surface area contributed by atoms with E-state index in [0.29, 0.717) is 19.4 Å². The molecule has 6 N–H and O–H groups in total. The van der Waals surface area contributed by atoms with Gasteiger partial charge in [0, 0.05) is 12.8 Å². The van der Waals surface area contributed by atoms with Gasteiger partial charge >= 0.3 is 5.97 Å². The van der Waals surface area contributed by atoms with Crippen molar-refractivity contribution < 1.29 is 49.3 Å². The molecule has 1 saturated heterocycles. The Hall–Kier alpha value is -3.16. The normalized spacial score (nSPS) is 18.3. The number of nitrogens with one attached hydrogen (secondary N) is 1. The number of hydrogen-bond acceptors (Lipinski definition) is 10. The van der Waals surface area contributed by atoms with Crippen LogP contribution in [0.15, 0.2) is 85.1 Å². The van der Waals surface area contributed by atoms with E-state index in [1.807, 2.05) is 6.08 Å². The van der Waals surface area contributed by atoms with E-state index in [4.69, 9.17) is 14.2 Å². The molecule has 1 amide bonds. The minimum absolute atomic E-state index is 0.00488. The molecule has 0 radical (unpaired) electrons. The van der Waals surface area contributed by atoms with E-state index in [-0.39, 0.29) is 18.5 Å². The van der Waals surface area contributed by atoms with Crippen molar-refractivity contribution in [3.05, 3.63) is 85.1 Å². The van der Waals surface area contributed by atoms with Crippen LogP contribution in [0.1, 0.15) is 328 Å². The van der Waals surface area contributed by atoms with Crippen LogP contribution in [0.5, 0.6) is 0 Å². The summed E-state index contributed by atoms with van der Waals surface area (Å²) in [4.78, 5) is 25.1. The second kappa shape index (κ2) is 65.3. The first kappa shape index (κ1) is 82.9. The third-order valence-electron chi connectivity index (χ3n) is 16.9. The molecule has 7 unspecified atom stereocenters. The summed E-state index contributed by atoms with van der Waals surface area (Å²) >= 11 is 0. The minimum Gasteiger partial charge on any atom is -0.466 e. The molecule has 0 aliphatic carbocycles. The highest BCUT2D eigenvalue weighted by molar-refractivity contribution is 5.76. The molecule has 11 nitrogen and oxygen atoms in total. The first-order valence-corrected chi connectivity index (χ1v) is 36.9. The first-order valence-electron chi connectivity index (χ1n) is 36.9. The van der Waals surface area contributed by atoms with Gasteiger partial charge in [-0.25, -0.2) is 0 Å². The van der Waals surface area contributed by atoms with E-state index in [0.717, 1.165) is 83.5 Å². The summed E-state index contributed by atoms with van der Waals surface area (Å²) in [6, 6.07) is -0.834. The summed E-state index contributed by atoms with van der Waals surface area (Å²) in [6.07, 6.45) is 80.4. The van der Waals surface area contributed by atoms with E-state index in [2.05, 4.69) is 92.1 Å². The fraction of sp³-hybridized carbons (Fsp3) is 0.792. The van der Waals surface area contributed by atoms with Crippen molar-refractivity contribution in [3.63, 3.8) is 0 Å². The van der Waals surface area contributed by atoms with Crippen LogP contribution < -0.4 is 5.32 Å². The van der Waals surface area contributed by atoms with Crippen molar-refractivity contribution in [3.8, 4) is 0 Å². The van der Waals surface area contributed by atoms with E-state index >= 15 is 0 Å². The molecule has 0 saturated carbocycles. The van der Waals surface area contributed by atoms with E-state index in [1.165, 1.54) is 218 Å². The Balaban J connectivity index is 1.91. The maximum absolute atomic E-state index is 13.0. The van der Waals surface area contributed by atoms with Gasteiger partial charge < -0.3 is 45.1 Å². The molecule has 88 heavy (non-hydrogen) atoms. The number of unbranched alkanes of at least 4 members (excludes halogenated alkanes) is 38. The number of aliphatic hydroxyl groups excluding tert-OH is 5. The number of hydrogen-bond donors (Lipinski definition) is 6. The zero-order chi connectivity index (χ0) is 63.7. The number of ether oxygens (including phenoxy) is 3. The van der Waals surface area contributed by atoms with Crippen LogP contribution in [0.3, 0.4) is 0 Å². The molecule has 7 atom stereocenters. The standard InChI is InChI=1S/C77H137NO10/c1-3-5-7-9-11-13-15-16-38-42-45-49-53-57-61-65-73(82)86-66-62-58-54-50-46-43-40-37-35-33-31-29-27-25-23-21-19-17-18-20-22-24-26-28-30-32-34-36-39-41-44-48-52-56-60-64-72(81)78-69(68-87-77-76(85)75(84)74(83)71(67-79)88-77)70(80)63-59-55-51-47-14-12-10-8-6-4-2/h6,8,11,13-14,16,19,21,25,27,38,47,59,63,69-71,74-77,79-80,83-85H,3-5,7,9-10,12,15,17-18,20,22-24,26,28-37,39-46,48-58,60-62,64-68H2,1-2H3,(H,78,81)/b8-6+,13-11-,21-19-,27-25-,38-16-,47-14+,63-59+.